The first kappa shape index (κ1) is 15.4. The van der Waals surface area contributed by atoms with Crippen molar-refractivity contribution in [2.75, 3.05) is 18.8 Å². The predicted octanol–water partition coefficient (Wildman–Crippen LogP) is 1.21. The van der Waals surface area contributed by atoms with Crippen molar-refractivity contribution in [1.29, 1.82) is 10.5 Å². The Balaban J connectivity index is 3.38. The fourth-order valence-corrected chi connectivity index (χ4v) is 3.51. The van der Waals surface area contributed by atoms with E-state index < -0.39 is 28.9 Å². The van der Waals surface area contributed by atoms with Crippen molar-refractivity contribution in [3.05, 3.63) is 22.4 Å². The molecule has 0 amide bonds. The van der Waals surface area contributed by atoms with Crippen LogP contribution in [0.5, 0.6) is 0 Å². The van der Waals surface area contributed by atoms with Crippen molar-refractivity contribution in [3.63, 3.8) is 0 Å². The maximum absolute atomic E-state index is 13.2. The van der Waals surface area contributed by atoms with Crippen LogP contribution in [0.3, 0.4) is 0 Å². The molecule has 0 saturated heterocycles. The third-order valence-electron chi connectivity index (χ3n) is 2.16. The number of anilines is 1. The molecular formula is C10H8BrFN4O2S. The molecule has 1 aromatic carbocycles. The zero-order valence-corrected chi connectivity index (χ0v) is 11.9. The molecule has 0 bridgehead atoms. The van der Waals surface area contributed by atoms with Gasteiger partial charge in [0.2, 0.25) is 10.0 Å². The van der Waals surface area contributed by atoms with Crippen LogP contribution in [0, 0.1) is 28.5 Å². The zero-order chi connectivity index (χ0) is 14.6. The summed E-state index contributed by atoms with van der Waals surface area (Å²) in [6.45, 7) is -0.973. The van der Waals surface area contributed by atoms with Gasteiger partial charge in [0.15, 0.2) is 0 Å². The van der Waals surface area contributed by atoms with Gasteiger partial charge < -0.3 is 5.73 Å². The number of nitriles is 2. The first-order chi connectivity index (χ1) is 8.84. The number of nitrogen functional groups attached to an aromatic ring is 1. The first-order valence-corrected chi connectivity index (χ1v) is 7.06. The molecule has 0 atom stereocenters. The van der Waals surface area contributed by atoms with Gasteiger partial charge in [-0.05, 0) is 28.1 Å². The van der Waals surface area contributed by atoms with Crippen LogP contribution in [0.1, 0.15) is 0 Å². The SMILES string of the molecule is N#CCN(CC#N)S(=O)(=O)c1cc(N)c(F)cc1Br. The second kappa shape index (κ2) is 5.97. The van der Waals surface area contributed by atoms with E-state index in [9.17, 15) is 12.8 Å². The fraction of sp³-hybridized carbons (Fsp3) is 0.200. The predicted molar refractivity (Wildman–Crippen MR) is 68.5 cm³/mol. The van der Waals surface area contributed by atoms with Gasteiger partial charge in [-0.1, -0.05) is 0 Å². The molecule has 0 unspecified atom stereocenters. The van der Waals surface area contributed by atoms with E-state index in [-0.39, 0.29) is 15.1 Å². The lowest BCUT2D eigenvalue weighted by Gasteiger charge is -2.17. The third-order valence-corrected chi connectivity index (χ3v) is 4.91. The quantitative estimate of drug-likeness (QED) is 0.650. The molecule has 19 heavy (non-hydrogen) atoms. The number of benzene rings is 1. The van der Waals surface area contributed by atoms with E-state index in [1.165, 1.54) is 0 Å². The summed E-state index contributed by atoms with van der Waals surface area (Å²) in [5, 5.41) is 17.2. The highest BCUT2D eigenvalue weighted by atomic mass is 79.9. The Kier molecular flexibility index (Phi) is 4.84. The minimum absolute atomic E-state index is 0.0277. The lowest BCUT2D eigenvalue weighted by atomic mass is 10.3. The summed E-state index contributed by atoms with van der Waals surface area (Å²) in [5.41, 5.74) is 4.99. The minimum atomic E-state index is -4.10. The van der Waals surface area contributed by atoms with E-state index in [4.69, 9.17) is 16.3 Å². The molecular weight excluding hydrogens is 339 g/mol. The van der Waals surface area contributed by atoms with Crippen LogP contribution in [-0.2, 0) is 10.0 Å². The van der Waals surface area contributed by atoms with Gasteiger partial charge in [0, 0.05) is 4.47 Å². The first-order valence-electron chi connectivity index (χ1n) is 4.83. The van der Waals surface area contributed by atoms with Gasteiger partial charge in [0.05, 0.1) is 22.7 Å². The van der Waals surface area contributed by atoms with Gasteiger partial charge in [0.25, 0.3) is 0 Å². The Bertz CT molecular complexity index is 662. The molecule has 0 spiro atoms. The Hall–Kier alpha value is -1.68. The Morgan fingerprint density at radius 1 is 1.32 bits per heavy atom. The lowest BCUT2D eigenvalue weighted by molar-refractivity contribution is 0.479. The van der Waals surface area contributed by atoms with E-state index in [1.54, 1.807) is 12.1 Å². The van der Waals surface area contributed by atoms with Gasteiger partial charge in [-0.15, -0.1) is 0 Å². The van der Waals surface area contributed by atoms with E-state index in [2.05, 4.69) is 15.9 Å². The topological polar surface area (TPSA) is 111 Å². The van der Waals surface area contributed by atoms with Crippen molar-refractivity contribution < 1.29 is 12.8 Å². The lowest BCUT2D eigenvalue weighted by Crippen LogP contribution is -2.32. The molecule has 0 radical (unpaired) electrons. The van der Waals surface area contributed by atoms with E-state index in [0.717, 1.165) is 12.1 Å². The monoisotopic (exact) mass is 346 g/mol. The van der Waals surface area contributed by atoms with Gasteiger partial charge in [0.1, 0.15) is 18.9 Å². The molecule has 0 aromatic heterocycles. The third kappa shape index (κ3) is 3.20. The van der Waals surface area contributed by atoms with E-state index in [0.29, 0.717) is 4.31 Å². The summed E-state index contributed by atoms with van der Waals surface area (Å²) in [4.78, 5) is -0.295. The van der Waals surface area contributed by atoms with Crippen LogP contribution in [0.4, 0.5) is 10.1 Å². The number of sulfonamides is 1. The van der Waals surface area contributed by atoms with Crippen molar-refractivity contribution in [1.82, 2.24) is 4.31 Å². The summed E-state index contributed by atoms with van der Waals surface area (Å²) in [6, 6.07) is 5.15. The Morgan fingerprint density at radius 2 is 1.84 bits per heavy atom. The van der Waals surface area contributed by atoms with Crippen LogP contribution in [-0.4, -0.2) is 25.8 Å². The smallest absolute Gasteiger partial charge is 0.246 e. The van der Waals surface area contributed by atoms with Crippen LogP contribution in [0.2, 0.25) is 0 Å². The molecule has 6 nitrogen and oxygen atoms in total. The number of rotatable bonds is 4. The molecule has 0 aliphatic carbocycles. The highest BCUT2D eigenvalue weighted by Gasteiger charge is 2.27. The van der Waals surface area contributed by atoms with Crippen LogP contribution < -0.4 is 5.73 Å². The van der Waals surface area contributed by atoms with Gasteiger partial charge in [-0.2, -0.15) is 14.8 Å². The molecule has 0 heterocycles. The normalized spacial score (nSPS) is 11.0. The second-order valence-electron chi connectivity index (χ2n) is 3.39. The van der Waals surface area contributed by atoms with Crippen molar-refractivity contribution in [3.8, 4) is 12.1 Å². The molecule has 1 rings (SSSR count). The summed E-state index contributed by atoms with van der Waals surface area (Å²) in [6.07, 6.45) is 0. The average molecular weight is 347 g/mol. The Labute approximate surface area is 118 Å². The maximum atomic E-state index is 13.2. The number of hydrogen-bond acceptors (Lipinski definition) is 5. The number of halogens is 2. The van der Waals surface area contributed by atoms with Crippen LogP contribution >= 0.6 is 15.9 Å². The number of nitrogens with zero attached hydrogens (tertiary/aromatic N) is 3. The molecule has 1 aromatic rings. The van der Waals surface area contributed by atoms with Gasteiger partial charge in [-0.25, -0.2) is 12.8 Å². The fourth-order valence-electron chi connectivity index (χ4n) is 1.27. The van der Waals surface area contributed by atoms with Crippen molar-refractivity contribution in [2.24, 2.45) is 0 Å². The largest absolute Gasteiger partial charge is 0.396 e. The maximum Gasteiger partial charge on any atom is 0.246 e. The van der Waals surface area contributed by atoms with E-state index >= 15 is 0 Å². The minimum Gasteiger partial charge on any atom is -0.396 e. The average Bonchev–Trinajstić information content (AvgIpc) is 2.33. The molecule has 0 saturated carbocycles. The molecule has 2 N–H and O–H groups in total. The summed E-state index contributed by atoms with van der Waals surface area (Å²) >= 11 is 2.92. The molecule has 0 aliphatic heterocycles. The molecule has 100 valence electrons. The van der Waals surface area contributed by atoms with E-state index in [1.807, 2.05) is 0 Å². The molecule has 9 heteroatoms. The number of nitrogens with two attached hydrogens (primary N) is 1. The summed E-state index contributed by atoms with van der Waals surface area (Å²) < 4.78 is 38.2. The molecule has 0 aliphatic rings. The highest BCUT2D eigenvalue weighted by Crippen LogP contribution is 2.28. The summed E-state index contributed by atoms with van der Waals surface area (Å²) in [5.74, 6) is -0.766. The van der Waals surface area contributed by atoms with Crippen LogP contribution in [0.15, 0.2) is 21.5 Å². The summed E-state index contributed by atoms with van der Waals surface area (Å²) in [7, 11) is -4.10. The standard InChI is InChI=1S/C10H8BrFN4O2S/c11-7-5-8(12)9(15)6-10(7)19(17,18)16(3-1-13)4-2-14/h5-6H,3-4,15H2. The zero-order valence-electron chi connectivity index (χ0n) is 9.47. The Morgan fingerprint density at radius 3 is 2.32 bits per heavy atom. The molecule has 0 fully saturated rings. The van der Waals surface area contributed by atoms with Gasteiger partial charge in [-0.3, -0.25) is 0 Å². The highest BCUT2D eigenvalue weighted by molar-refractivity contribution is 9.10. The second-order valence-corrected chi connectivity index (χ2v) is 6.15. The van der Waals surface area contributed by atoms with Gasteiger partial charge >= 0.3 is 0 Å². The van der Waals surface area contributed by atoms with Crippen molar-refractivity contribution in [2.45, 2.75) is 4.90 Å². The van der Waals surface area contributed by atoms with Crippen molar-refractivity contribution >= 4 is 31.6 Å². The number of hydrogen-bond donors (Lipinski definition) is 1. The van der Waals surface area contributed by atoms with Crippen LogP contribution in [0.25, 0.3) is 0 Å².